The van der Waals surface area contributed by atoms with Gasteiger partial charge in [-0.25, -0.2) is 4.68 Å². The van der Waals surface area contributed by atoms with Gasteiger partial charge in [0.1, 0.15) is 17.4 Å². The van der Waals surface area contributed by atoms with Crippen LogP contribution in [0.4, 0.5) is 11.5 Å². The van der Waals surface area contributed by atoms with E-state index in [1.165, 1.54) is 6.20 Å². The van der Waals surface area contributed by atoms with E-state index in [4.69, 9.17) is 34.8 Å². The molecule has 162 valence electrons. The molecule has 0 fully saturated rings. The van der Waals surface area contributed by atoms with Crippen LogP contribution in [-0.4, -0.2) is 21.5 Å². The molecule has 2 aliphatic rings. The number of hydrogen-bond donors (Lipinski definition) is 2. The molecule has 1 atom stereocenters. The maximum absolute atomic E-state index is 13.1. The number of amides is 1. The van der Waals surface area contributed by atoms with E-state index in [0.29, 0.717) is 56.1 Å². The summed E-state index contributed by atoms with van der Waals surface area (Å²) in [5, 5.41) is 12.0. The highest BCUT2D eigenvalue weighted by Crippen LogP contribution is 2.45. The van der Waals surface area contributed by atoms with Crippen molar-refractivity contribution in [1.82, 2.24) is 9.78 Å². The van der Waals surface area contributed by atoms with Gasteiger partial charge in [0.25, 0.3) is 5.91 Å². The first kappa shape index (κ1) is 21.1. The molecule has 0 saturated carbocycles. The Labute approximate surface area is 199 Å². The number of anilines is 2. The first-order valence-electron chi connectivity index (χ1n) is 10.1. The van der Waals surface area contributed by atoms with Gasteiger partial charge in [-0.05, 0) is 49.2 Å². The predicted octanol–water partition coefficient (Wildman–Crippen LogP) is 6.12. The molecular weight excluding hydrogens is 471 g/mol. The number of aromatic nitrogens is 2. The third-order valence-electron chi connectivity index (χ3n) is 5.66. The van der Waals surface area contributed by atoms with Gasteiger partial charge in [0.15, 0.2) is 5.78 Å². The molecule has 0 saturated heterocycles. The Balaban J connectivity index is 1.61. The number of nitrogens with one attached hydrogen (secondary N) is 2. The zero-order valence-electron chi connectivity index (χ0n) is 16.7. The third-order valence-corrected chi connectivity index (χ3v) is 6.57. The number of carbonyl (C=O) groups excluding carboxylic acids is 2. The monoisotopic (exact) mass is 486 g/mol. The standard InChI is InChI=1S/C23H17Cl3N4O2/c24-12-7-9-13(10-8-12)28-23(32)14-11-27-30-21(19-15(25)3-1-4-16(19)26)20-17(29-22(14)30)5-2-6-18(20)31/h1,3-4,7-11,21,29H,2,5-6H2,(H,28,32)/t21-/m0/s1. The number of nitrogens with zero attached hydrogens (tertiary/aromatic N) is 2. The van der Waals surface area contributed by atoms with E-state index in [0.717, 1.165) is 12.1 Å². The van der Waals surface area contributed by atoms with Crippen molar-refractivity contribution in [1.29, 1.82) is 0 Å². The van der Waals surface area contributed by atoms with Crippen molar-refractivity contribution in [2.75, 3.05) is 10.6 Å². The Morgan fingerprint density at radius 3 is 2.50 bits per heavy atom. The van der Waals surface area contributed by atoms with Crippen molar-refractivity contribution in [2.45, 2.75) is 25.3 Å². The van der Waals surface area contributed by atoms with Gasteiger partial charge in [0, 0.05) is 44.0 Å². The highest BCUT2D eigenvalue weighted by Gasteiger charge is 2.39. The number of hydrogen-bond acceptors (Lipinski definition) is 4. The number of benzene rings is 2. The van der Waals surface area contributed by atoms with Crippen LogP contribution >= 0.6 is 34.8 Å². The topological polar surface area (TPSA) is 76.0 Å². The molecular formula is C23H17Cl3N4O2. The summed E-state index contributed by atoms with van der Waals surface area (Å²) in [6, 6.07) is 11.4. The molecule has 0 bridgehead atoms. The average molecular weight is 488 g/mol. The maximum atomic E-state index is 13.1. The van der Waals surface area contributed by atoms with Crippen LogP contribution < -0.4 is 10.6 Å². The summed E-state index contributed by atoms with van der Waals surface area (Å²) < 4.78 is 1.62. The van der Waals surface area contributed by atoms with Crippen molar-refractivity contribution in [2.24, 2.45) is 0 Å². The lowest BCUT2D eigenvalue weighted by Crippen LogP contribution is -2.32. The highest BCUT2D eigenvalue weighted by molar-refractivity contribution is 6.36. The number of rotatable bonds is 3. The van der Waals surface area contributed by atoms with Gasteiger partial charge in [-0.3, -0.25) is 9.59 Å². The summed E-state index contributed by atoms with van der Waals surface area (Å²) in [5.74, 6) is 0.176. The zero-order chi connectivity index (χ0) is 22.4. The van der Waals surface area contributed by atoms with Crippen molar-refractivity contribution < 1.29 is 9.59 Å². The molecule has 0 radical (unpaired) electrons. The number of Topliss-reactive ketones (excluding diaryl/α,β-unsaturated/α-hetero) is 1. The van der Waals surface area contributed by atoms with Gasteiger partial charge in [-0.15, -0.1) is 0 Å². The van der Waals surface area contributed by atoms with Crippen LogP contribution in [0.15, 0.2) is 59.9 Å². The SMILES string of the molecule is O=C1CCCC2=C1[C@H](c1c(Cl)cccc1Cl)n1ncc(C(=O)Nc3ccc(Cl)cc3)c1N2. The molecule has 1 aromatic heterocycles. The quantitative estimate of drug-likeness (QED) is 0.467. The lowest BCUT2D eigenvalue weighted by Gasteiger charge is -2.34. The van der Waals surface area contributed by atoms with Crippen molar-refractivity contribution in [3.05, 3.63) is 86.1 Å². The van der Waals surface area contributed by atoms with E-state index in [1.807, 2.05) is 0 Å². The molecule has 0 spiro atoms. The summed E-state index contributed by atoms with van der Waals surface area (Å²) in [6.45, 7) is 0. The normalized spacial score (nSPS) is 17.5. The second-order valence-corrected chi connectivity index (χ2v) is 8.90. The Bertz CT molecular complexity index is 1260. The molecule has 0 unspecified atom stereocenters. The molecule has 32 heavy (non-hydrogen) atoms. The van der Waals surface area contributed by atoms with Crippen LogP contribution in [0.25, 0.3) is 0 Å². The minimum absolute atomic E-state index is 0.0213. The molecule has 1 amide bonds. The summed E-state index contributed by atoms with van der Waals surface area (Å²) in [4.78, 5) is 26.0. The summed E-state index contributed by atoms with van der Waals surface area (Å²) in [6.07, 6.45) is 3.34. The lowest BCUT2D eigenvalue weighted by molar-refractivity contribution is -0.116. The van der Waals surface area contributed by atoms with Crippen molar-refractivity contribution in [3.63, 3.8) is 0 Å². The molecule has 2 aromatic carbocycles. The Morgan fingerprint density at radius 1 is 1.06 bits per heavy atom. The molecule has 1 aliphatic heterocycles. The largest absolute Gasteiger partial charge is 0.343 e. The van der Waals surface area contributed by atoms with Crippen molar-refractivity contribution in [3.8, 4) is 0 Å². The van der Waals surface area contributed by atoms with E-state index in [2.05, 4.69) is 15.7 Å². The van der Waals surface area contributed by atoms with Crippen LogP contribution in [0, 0.1) is 0 Å². The second-order valence-electron chi connectivity index (χ2n) is 7.64. The van der Waals surface area contributed by atoms with E-state index in [-0.39, 0.29) is 11.7 Å². The smallest absolute Gasteiger partial charge is 0.261 e. The highest BCUT2D eigenvalue weighted by atomic mass is 35.5. The fraction of sp³-hybridized carbons (Fsp3) is 0.174. The maximum Gasteiger partial charge on any atom is 0.261 e. The average Bonchev–Trinajstić information content (AvgIpc) is 3.19. The van der Waals surface area contributed by atoms with Gasteiger partial charge in [0.2, 0.25) is 0 Å². The van der Waals surface area contributed by atoms with Crippen LogP contribution in [0.5, 0.6) is 0 Å². The van der Waals surface area contributed by atoms with E-state index >= 15 is 0 Å². The van der Waals surface area contributed by atoms with Crippen LogP contribution in [0.1, 0.15) is 41.2 Å². The third kappa shape index (κ3) is 3.58. The predicted molar refractivity (Wildman–Crippen MR) is 126 cm³/mol. The van der Waals surface area contributed by atoms with E-state index < -0.39 is 6.04 Å². The molecule has 3 aromatic rings. The van der Waals surface area contributed by atoms with Gasteiger partial charge in [0.05, 0.1) is 6.20 Å². The van der Waals surface area contributed by atoms with Gasteiger partial charge in [-0.1, -0.05) is 40.9 Å². The molecule has 6 nitrogen and oxygen atoms in total. The van der Waals surface area contributed by atoms with Gasteiger partial charge >= 0.3 is 0 Å². The fourth-order valence-corrected chi connectivity index (χ4v) is 4.93. The minimum atomic E-state index is -0.618. The molecule has 5 rings (SSSR count). The number of halogens is 3. The van der Waals surface area contributed by atoms with Gasteiger partial charge in [-0.2, -0.15) is 5.10 Å². The Hall–Kier alpha value is -2.80. The van der Waals surface area contributed by atoms with E-state index in [1.54, 1.807) is 47.1 Å². The zero-order valence-corrected chi connectivity index (χ0v) is 18.9. The number of ketones is 1. The summed E-state index contributed by atoms with van der Waals surface area (Å²) >= 11 is 19.0. The Kier molecular flexibility index (Phi) is 5.45. The van der Waals surface area contributed by atoms with Gasteiger partial charge < -0.3 is 10.6 Å². The van der Waals surface area contributed by atoms with Crippen LogP contribution in [-0.2, 0) is 4.79 Å². The number of allylic oxidation sites excluding steroid dienone is 2. The number of fused-ring (bicyclic) bond motifs is 1. The first-order valence-corrected chi connectivity index (χ1v) is 11.2. The van der Waals surface area contributed by atoms with Crippen LogP contribution in [0.2, 0.25) is 15.1 Å². The van der Waals surface area contributed by atoms with Crippen LogP contribution in [0.3, 0.4) is 0 Å². The molecule has 2 N–H and O–H groups in total. The minimum Gasteiger partial charge on any atom is -0.343 e. The molecule has 2 heterocycles. The van der Waals surface area contributed by atoms with Crippen molar-refractivity contribution >= 4 is 58.0 Å². The molecule has 1 aliphatic carbocycles. The fourth-order valence-electron chi connectivity index (χ4n) is 4.19. The lowest BCUT2D eigenvalue weighted by atomic mass is 9.85. The number of carbonyl (C=O) groups is 2. The second kappa shape index (κ2) is 8.28. The summed E-state index contributed by atoms with van der Waals surface area (Å²) in [7, 11) is 0. The summed E-state index contributed by atoms with van der Waals surface area (Å²) in [5.41, 5.74) is 2.91. The molecule has 9 heteroatoms. The first-order chi connectivity index (χ1) is 15.4. The Morgan fingerprint density at radius 2 is 1.78 bits per heavy atom. The van der Waals surface area contributed by atoms with E-state index in [9.17, 15) is 9.59 Å².